The lowest BCUT2D eigenvalue weighted by atomic mass is 10.1. The zero-order valence-electron chi connectivity index (χ0n) is 19.0. The molecule has 0 rings (SSSR count). The van der Waals surface area contributed by atoms with Crippen molar-refractivity contribution in [3.8, 4) is 0 Å². The van der Waals surface area contributed by atoms with Crippen molar-refractivity contribution in [2.45, 2.75) is 69.1 Å². The van der Waals surface area contributed by atoms with Gasteiger partial charge in [-0.2, -0.15) is 0 Å². The largest absolute Gasteiger partial charge is 0.481 e. The molecule has 4 unspecified atom stereocenters. The molecular formula is C19H33N7O9. The van der Waals surface area contributed by atoms with Crippen LogP contribution in [0.25, 0.3) is 0 Å². The number of hydrogen-bond acceptors (Lipinski definition) is 9. The Bertz CT molecular complexity index is 806. The molecule has 0 fully saturated rings. The third kappa shape index (κ3) is 13.5. The minimum Gasteiger partial charge on any atom is -0.481 e. The number of nitrogens with two attached hydrogens (primary N) is 4. The maximum Gasteiger partial charge on any atom is 0.326 e. The van der Waals surface area contributed by atoms with Crippen LogP contribution in [0.2, 0.25) is 0 Å². The van der Waals surface area contributed by atoms with Gasteiger partial charge in [-0.1, -0.05) is 0 Å². The van der Waals surface area contributed by atoms with Crippen LogP contribution in [0.3, 0.4) is 0 Å². The molecule has 0 spiro atoms. The molecular weight excluding hydrogens is 470 g/mol. The fourth-order valence-electron chi connectivity index (χ4n) is 2.83. The highest BCUT2D eigenvalue weighted by Crippen LogP contribution is 2.05. The number of nitrogens with one attached hydrogen (secondary N) is 3. The van der Waals surface area contributed by atoms with Crippen LogP contribution in [0.4, 0.5) is 0 Å². The number of rotatable bonds is 18. The fraction of sp³-hybridized carbons (Fsp3) is 0.632. The molecule has 0 saturated carbocycles. The van der Waals surface area contributed by atoms with Gasteiger partial charge in [-0.05, 0) is 32.2 Å². The average molecular weight is 504 g/mol. The fourth-order valence-corrected chi connectivity index (χ4v) is 2.83. The normalized spacial score (nSPS) is 14.0. The molecule has 0 aromatic carbocycles. The Labute approximate surface area is 200 Å². The van der Waals surface area contributed by atoms with Gasteiger partial charge in [0.05, 0.1) is 18.9 Å². The third-order valence-electron chi connectivity index (χ3n) is 4.64. The van der Waals surface area contributed by atoms with Crippen LogP contribution in [-0.4, -0.2) is 82.4 Å². The molecule has 198 valence electrons. The van der Waals surface area contributed by atoms with E-state index in [2.05, 4.69) is 16.0 Å². The van der Waals surface area contributed by atoms with E-state index in [9.17, 15) is 38.7 Å². The summed E-state index contributed by atoms with van der Waals surface area (Å²) in [5.41, 5.74) is 21.2. The standard InChI is InChI=1S/C19H33N7O9/c20-6-2-1-3-10(24-16(31)9(21)7-13(22)27)17(32)26-12(8-14(23)28)18(33)25-11(19(34)35)4-5-15(29)30/h9-12H,1-8,20-21H2,(H2,22,27)(H2,23,28)(H,24,31)(H,25,33)(H,26,32)(H,29,30)(H,34,35). The van der Waals surface area contributed by atoms with Crippen molar-refractivity contribution in [2.24, 2.45) is 22.9 Å². The molecule has 0 saturated heterocycles. The van der Waals surface area contributed by atoms with Gasteiger partial charge in [0.1, 0.15) is 18.1 Å². The van der Waals surface area contributed by atoms with Crippen molar-refractivity contribution >= 4 is 41.5 Å². The van der Waals surface area contributed by atoms with E-state index in [-0.39, 0.29) is 6.42 Å². The van der Waals surface area contributed by atoms with Crippen LogP contribution in [-0.2, 0) is 33.6 Å². The quantitative estimate of drug-likeness (QED) is 0.0804. The van der Waals surface area contributed by atoms with Crippen molar-refractivity contribution in [3.63, 3.8) is 0 Å². The number of carboxylic acids is 2. The molecule has 0 aliphatic heterocycles. The van der Waals surface area contributed by atoms with E-state index in [1.165, 1.54) is 0 Å². The molecule has 0 heterocycles. The Balaban J connectivity index is 5.54. The molecule has 0 aromatic rings. The Kier molecular flexibility index (Phi) is 14.2. The molecule has 5 amide bonds. The summed E-state index contributed by atoms with van der Waals surface area (Å²) in [4.78, 5) is 82.2. The summed E-state index contributed by atoms with van der Waals surface area (Å²) >= 11 is 0. The number of aliphatic carboxylic acids is 2. The molecule has 13 N–H and O–H groups in total. The van der Waals surface area contributed by atoms with Gasteiger partial charge in [0.2, 0.25) is 29.5 Å². The second-order valence-corrected chi connectivity index (χ2v) is 7.69. The van der Waals surface area contributed by atoms with Crippen molar-refractivity contribution in [1.82, 2.24) is 16.0 Å². The van der Waals surface area contributed by atoms with Gasteiger partial charge in [-0.15, -0.1) is 0 Å². The van der Waals surface area contributed by atoms with E-state index in [1.54, 1.807) is 0 Å². The number of amides is 5. The van der Waals surface area contributed by atoms with Gasteiger partial charge in [-0.3, -0.25) is 28.8 Å². The molecule has 16 heteroatoms. The van der Waals surface area contributed by atoms with E-state index in [4.69, 9.17) is 28.0 Å². The summed E-state index contributed by atoms with van der Waals surface area (Å²) in [5, 5.41) is 24.6. The molecule has 0 bridgehead atoms. The molecule has 0 aromatic heterocycles. The highest BCUT2D eigenvalue weighted by Gasteiger charge is 2.31. The van der Waals surface area contributed by atoms with Crippen LogP contribution in [0.1, 0.15) is 44.9 Å². The summed E-state index contributed by atoms with van der Waals surface area (Å²) < 4.78 is 0. The smallest absolute Gasteiger partial charge is 0.326 e. The predicted octanol–water partition coefficient (Wildman–Crippen LogP) is -4.40. The van der Waals surface area contributed by atoms with Gasteiger partial charge < -0.3 is 49.1 Å². The van der Waals surface area contributed by atoms with Gasteiger partial charge in [-0.25, -0.2) is 4.79 Å². The van der Waals surface area contributed by atoms with Gasteiger partial charge in [0.25, 0.3) is 0 Å². The van der Waals surface area contributed by atoms with Crippen LogP contribution >= 0.6 is 0 Å². The third-order valence-corrected chi connectivity index (χ3v) is 4.64. The van der Waals surface area contributed by atoms with Crippen LogP contribution in [0, 0.1) is 0 Å². The number of carbonyl (C=O) groups excluding carboxylic acids is 5. The Hall–Kier alpha value is -3.79. The number of carboxylic acid groups (broad SMARTS) is 2. The summed E-state index contributed by atoms with van der Waals surface area (Å²) in [6, 6.07) is -5.83. The lowest BCUT2D eigenvalue weighted by molar-refractivity contribution is -0.143. The number of hydrogen-bond donors (Lipinski definition) is 9. The summed E-state index contributed by atoms with van der Waals surface area (Å²) in [7, 11) is 0. The number of carbonyl (C=O) groups is 7. The van der Waals surface area contributed by atoms with Crippen molar-refractivity contribution in [1.29, 1.82) is 0 Å². The first-order valence-corrected chi connectivity index (χ1v) is 10.7. The van der Waals surface area contributed by atoms with Gasteiger partial charge in [0, 0.05) is 6.42 Å². The maximum atomic E-state index is 12.8. The van der Waals surface area contributed by atoms with Gasteiger partial charge in [0.15, 0.2) is 0 Å². The number of primary amides is 2. The highest BCUT2D eigenvalue weighted by molar-refractivity contribution is 5.96. The van der Waals surface area contributed by atoms with Gasteiger partial charge >= 0.3 is 11.9 Å². The van der Waals surface area contributed by atoms with Crippen molar-refractivity contribution in [2.75, 3.05) is 6.54 Å². The van der Waals surface area contributed by atoms with E-state index in [1.807, 2.05) is 0 Å². The van der Waals surface area contributed by atoms with E-state index in [0.717, 1.165) is 0 Å². The molecule has 4 atom stereocenters. The van der Waals surface area contributed by atoms with E-state index >= 15 is 0 Å². The molecule has 35 heavy (non-hydrogen) atoms. The molecule has 0 radical (unpaired) electrons. The van der Waals surface area contributed by atoms with Crippen LogP contribution in [0.5, 0.6) is 0 Å². The molecule has 16 nitrogen and oxygen atoms in total. The minimum atomic E-state index is -1.63. The van der Waals surface area contributed by atoms with Crippen molar-refractivity contribution in [3.05, 3.63) is 0 Å². The second-order valence-electron chi connectivity index (χ2n) is 7.69. The maximum absolute atomic E-state index is 12.8. The van der Waals surface area contributed by atoms with E-state index in [0.29, 0.717) is 19.4 Å². The molecule has 0 aliphatic carbocycles. The first-order valence-electron chi connectivity index (χ1n) is 10.7. The van der Waals surface area contributed by atoms with Crippen LogP contribution < -0.4 is 38.9 Å². The highest BCUT2D eigenvalue weighted by atomic mass is 16.4. The zero-order chi connectivity index (χ0) is 27.1. The average Bonchev–Trinajstić information content (AvgIpc) is 2.73. The topological polar surface area (TPSA) is 300 Å². The first kappa shape index (κ1) is 31.2. The van der Waals surface area contributed by atoms with Crippen LogP contribution in [0.15, 0.2) is 0 Å². The zero-order valence-corrected chi connectivity index (χ0v) is 19.0. The van der Waals surface area contributed by atoms with Crippen molar-refractivity contribution < 1.29 is 43.8 Å². The number of unbranched alkanes of at least 4 members (excludes halogenated alkanes) is 1. The lowest BCUT2D eigenvalue weighted by Crippen LogP contribution is -2.58. The minimum absolute atomic E-state index is 0.0549. The Morgan fingerprint density at radius 3 is 1.69 bits per heavy atom. The van der Waals surface area contributed by atoms with E-state index < -0.39 is 91.3 Å². The molecule has 0 aliphatic rings. The summed E-state index contributed by atoms with van der Waals surface area (Å²) in [5.74, 6) is -7.56. The first-order chi connectivity index (χ1) is 16.3. The Morgan fingerprint density at radius 1 is 0.686 bits per heavy atom. The second kappa shape index (κ2) is 15.9. The SMILES string of the molecule is NCCCCC(NC(=O)C(N)CC(N)=O)C(=O)NC(CC(N)=O)C(=O)NC(CCC(=O)O)C(=O)O. The summed E-state index contributed by atoms with van der Waals surface area (Å²) in [6.45, 7) is 0.295. The monoisotopic (exact) mass is 503 g/mol. The predicted molar refractivity (Wildman–Crippen MR) is 119 cm³/mol. The lowest BCUT2D eigenvalue weighted by Gasteiger charge is -2.24. The summed E-state index contributed by atoms with van der Waals surface area (Å²) in [6.07, 6.45) is -1.30. The Morgan fingerprint density at radius 2 is 1.20 bits per heavy atom.